The van der Waals surface area contributed by atoms with Gasteiger partial charge in [0, 0.05) is 5.56 Å². The molecular weight excluding hydrogens is 212 g/mol. The van der Waals surface area contributed by atoms with Gasteiger partial charge < -0.3 is 10.5 Å². The van der Waals surface area contributed by atoms with E-state index in [1.807, 2.05) is 6.92 Å². The lowest BCUT2D eigenvalue weighted by Gasteiger charge is -2.30. The van der Waals surface area contributed by atoms with Crippen LogP contribution in [0.4, 0.5) is 8.78 Å². The van der Waals surface area contributed by atoms with Crippen molar-refractivity contribution in [2.45, 2.75) is 32.2 Å². The van der Waals surface area contributed by atoms with Crippen LogP contribution in [0.15, 0.2) is 24.3 Å². The molecule has 0 fully saturated rings. The summed E-state index contributed by atoms with van der Waals surface area (Å²) in [5.74, 6) is -2.48. The maximum Gasteiger partial charge on any atom is 0.290 e. The monoisotopic (exact) mass is 229 g/mol. The number of hydrogen-bond donors (Lipinski definition) is 1. The summed E-state index contributed by atoms with van der Waals surface area (Å²) in [6.45, 7) is 4.97. The van der Waals surface area contributed by atoms with E-state index in [4.69, 9.17) is 10.5 Å². The van der Waals surface area contributed by atoms with Gasteiger partial charge >= 0.3 is 0 Å². The quantitative estimate of drug-likeness (QED) is 0.861. The first-order valence-electron chi connectivity index (χ1n) is 5.19. The second kappa shape index (κ2) is 4.37. The van der Waals surface area contributed by atoms with Crippen molar-refractivity contribution in [3.8, 4) is 5.75 Å². The van der Waals surface area contributed by atoms with Gasteiger partial charge in [-0.25, -0.2) is 0 Å². The second-order valence-electron chi connectivity index (χ2n) is 4.25. The highest BCUT2D eigenvalue weighted by Crippen LogP contribution is 2.37. The van der Waals surface area contributed by atoms with Crippen molar-refractivity contribution >= 4 is 0 Å². The van der Waals surface area contributed by atoms with E-state index in [2.05, 4.69) is 0 Å². The van der Waals surface area contributed by atoms with Crippen molar-refractivity contribution in [1.29, 1.82) is 0 Å². The predicted octanol–water partition coefficient (Wildman–Crippen LogP) is 2.91. The van der Waals surface area contributed by atoms with E-state index in [1.54, 1.807) is 0 Å². The van der Waals surface area contributed by atoms with Crippen LogP contribution in [0, 0.1) is 0 Å². The number of nitrogens with two attached hydrogens (primary N) is 1. The molecule has 4 heteroatoms. The molecule has 1 aromatic rings. The van der Waals surface area contributed by atoms with Gasteiger partial charge in [0.15, 0.2) is 0 Å². The second-order valence-corrected chi connectivity index (χ2v) is 4.25. The van der Waals surface area contributed by atoms with Gasteiger partial charge in [-0.3, -0.25) is 0 Å². The minimum absolute atomic E-state index is 0.0940. The molecule has 0 atom stereocenters. The summed E-state index contributed by atoms with van der Waals surface area (Å²) >= 11 is 0. The van der Waals surface area contributed by atoms with Crippen LogP contribution in [0.3, 0.4) is 0 Å². The van der Waals surface area contributed by atoms with Crippen molar-refractivity contribution < 1.29 is 13.5 Å². The summed E-state index contributed by atoms with van der Waals surface area (Å²) in [5.41, 5.74) is 3.78. The summed E-state index contributed by atoms with van der Waals surface area (Å²) in [6, 6.07) is 5.75. The first-order valence-corrected chi connectivity index (χ1v) is 5.19. The molecule has 16 heavy (non-hydrogen) atoms. The minimum atomic E-state index is -3.06. The Bertz CT molecular complexity index is 341. The molecule has 0 aromatic heterocycles. The minimum Gasteiger partial charge on any atom is -0.494 e. The zero-order chi connectivity index (χ0) is 12.4. The molecule has 2 nitrogen and oxygen atoms in total. The van der Waals surface area contributed by atoms with E-state index >= 15 is 0 Å². The third-order valence-corrected chi connectivity index (χ3v) is 2.34. The summed E-state index contributed by atoms with van der Waals surface area (Å²) in [6.07, 6.45) is 0. The number of ether oxygens (including phenoxy) is 1. The highest BCUT2D eigenvalue weighted by molar-refractivity contribution is 5.31. The lowest BCUT2D eigenvalue weighted by Crippen LogP contribution is -2.48. The van der Waals surface area contributed by atoms with Crippen LogP contribution in [0.5, 0.6) is 5.75 Å². The largest absolute Gasteiger partial charge is 0.494 e. The highest BCUT2D eigenvalue weighted by Gasteiger charge is 2.45. The average Bonchev–Trinajstić information content (AvgIpc) is 2.17. The number of hydrogen-bond acceptors (Lipinski definition) is 2. The molecule has 0 saturated carbocycles. The topological polar surface area (TPSA) is 35.2 Å². The van der Waals surface area contributed by atoms with Crippen molar-refractivity contribution in [3.05, 3.63) is 29.8 Å². The number of rotatable bonds is 4. The van der Waals surface area contributed by atoms with Gasteiger partial charge in [-0.15, -0.1) is 0 Å². The van der Waals surface area contributed by atoms with E-state index < -0.39 is 11.5 Å². The molecule has 1 aromatic carbocycles. The van der Waals surface area contributed by atoms with Crippen molar-refractivity contribution in [1.82, 2.24) is 0 Å². The van der Waals surface area contributed by atoms with Gasteiger partial charge in [0.25, 0.3) is 5.92 Å². The van der Waals surface area contributed by atoms with E-state index in [1.165, 1.54) is 38.1 Å². The zero-order valence-corrected chi connectivity index (χ0v) is 9.76. The van der Waals surface area contributed by atoms with Crippen LogP contribution in [0.2, 0.25) is 0 Å². The molecule has 0 unspecified atom stereocenters. The van der Waals surface area contributed by atoms with Gasteiger partial charge in [-0.05, 0) is 45.0 Å². The van der Waals surface area contributed by atoms with Crippen LogP contribution in [0.1, 0.15) is 26.3 Å². The van der Waals surface area contributed by atoms with Crippen molar-refractivity contribution in [2.75, 3.05) is 6.61 Å². The Balaban J connectivity index is 2.97. The Morgan fingerprint density at radius 3 is 2.06 bits per heavy atom. The molecule has 0 heterocycles. The van der Waals surface area contributed by atoms with Gasteiger partial charge in [0.2, 0.25) is 0 Å². The molecule has 0 saturated heterocycles. The SMILES string of the molecule is CCOc1ccc(C(F)(F)C(C)(C)N)cc1. The fourth-order valence-electron chi connectivity index (χ4n) is 1.30. The molecule has 0 aliphatic carbocycles. The third kappa shape index (κ3) is 2.50. The maximum atomic E-state index is 13.8. The number of alkyl halides is 2. The maximum absolute atomic E-state index is 13.8. The van der Waals surface area contributed by atoms with Gasteiger partial charge in [-0.1, -0.05) is 0 Å². The Morgan fingerprint density at radius 2 is 1.69 bits per heavy atom. The molecule has 0 bridgehead atoms. The molecule has 1 rings (SSSR count). The fraction of sp³-hybridized carbons (Fsp3) is 0.500. The summed E-state index contributed by atoms with van der Waals surface area (Å²) in [4.78, 5) is 0. The van der Waals surface area contributed by atoms with Gasteiger partial charge in [0.1, 0.15) is 5.75 Å². The molecule has 90 valence electrons. The lowest BCUT2D eigenvalue weighted by molar-refractivity contribution is -0.0672. The molecular formula is C12H17F2NO. The Kier molecular flexibility index (Phi) is 3.53. The Labute approximate surface area is 94.4 Å². The fourth-order valence-corrected chi connectivity index (χ4v) is 1.30. The van der Waals surface area contributed by atoms with Crippen molar-refractivity contribution in [2.24, 2.45) is 5.73 Å². The lowest BCUT2D eigenvalue weighted by atomic mass is 9.91. The van der Waals surface area contributed by atoms with Crippen LogP contribution in [-0.4, -0.2) is 12.1 Å². The van der Waals surface area contributed by atoms with Crippen LogP contribution in [-0.2, 0) is 5.92 Å². The first kappa shape index (κ1) is 12.9. The van der Waals surface area contributed by atoms with Crippen LogP contribution in [0.25, 0.3) is 0 Å². The zero-order valence-electron chi connectivity index (χ0n) is 9.76. The van der Waals surface area contributed by atoms with E-state index in [9.17, 15) is 8.78 Å². The van der Waals surface area contributed by atoms with Gasteiger partial charge in [-0.2, -0.15) is 8.78 Å². The summed E-state index contributed by atoms with van der Waals surface area (Å²) < 4.78 is 32.8. The molecule has 0 radical (unpaired) electrons. The molecule has 0 aliphatic rings. The number of halogens is 2. The van der Waals surface area contributed by atoms with Crippen LogP contribution >= 0.6 is 0 Å². The average molecular weight is 229 g/mol. The Hall–Kier alpha value is -1.16. The summed E-state index contributed by atoms with van der Waals surface area (Å²) in [5, 5.41) is 0. The standard InChI is InChI=1S/C12H17F2NO/c1-4-16-10-7-5-9(6-8-10)12(13,14)11(2,3)15/h5-8H,4,15H2,1-3H3. The first-order chi connectivity index (χ1) is 7.29. The smallest absolute Gasteiger partial charge is 0.290 e. The highest BCUT2D eigenvalue weighted by atomic mass is 19.3. The van der Waals surface area contributed by atoms with E-state index in [-0.39, 0.29) is 5.56 Å². The third-order valence-electron chi connectivity index (χ3n) is 2.34. The van der Waals surface area contributed by atoms with E-state index in [0.29, 0.717) is 12.4 Å². The van der Waals surface area contributed by atoms with Gasteiger partial charge in [0.05, 0.1) is 12.1 Å². The van der Waals surface area contributed by atoms with Crippen LogP contribution < -0.4 is 10.5 Å². The summed E-state index contributed by atoms with van der Waals surface area (Å²) in [7, 11) is 0. The Morgan fingerprint density at radius 1 is 1.19 bits per heavy atom. The molecule has 0 amide bonds. The van der Waals surface area contributed by atoms with Crippen molar-refractivity contribution in [3.63, 3.8) is 0 Å². The number of benzene rings is 1. The predicted molar refractivity (Wildman–Crippen MR) is 59.8 cm³/mol. The van der Waals surface area contributed by atoms with E-state index in [0.717, 1.165) is 0 Å². The molecule has 0 spiro atoms. The normalized spacial score (nSPS) is 12.6. The molecule has 2 N–H and O–H groups in total. The molecule has 0 aliphatic heterocycles.